The molecule has 2 aromatic rings. The highest BCUT2D eigenvalue weighted by Gasteiger charge is 2.16. The number of rotatable bonds is 6. The molecule has 0 amide bonds. The second-order valence-electron chi connectivity index (χ2n) is 5.62. The van der Waals surface area contributed by atoms with Crippen molar-refractivity contribution >= 4 is 24.2 Å². The van der Waals surface area contributed by atoms with Crippen LogP contribution in [0.3, 0.4) is 0 Å². The van der Waals surface area contributed by atoms with Crippen LogP contribution < -0.4 is 0 Å². The zero-order valence-corrected chi connectivity index (χ0v) is 14.5. The van der Waals surface area contributed by atoms with Gasteiger partial charge in [0.05, 0.1) is 5.25 Å². The van der Waals surface area contributed by atoms with Crippen LogP contribution in [0.5, 0.6) is 0 Å². The predicted octanol–water partition coefficient (Wildman–Crippen LogP) is 5.03. The van der Waals surface area contributed by atoms with E-state index in [-0.39, 0.29) is 12.4 Å². The van der Waals surface area contributed by atoms with Gasteiger partial charge < -0.3 is 4.90 Å². The highest BCUT2D eigenvalue weighted by atomic mass is 35.5. The lowest BCUT2D eigenvalue weighted by atomic mass is 10.0. The topological polar surface area (TPSA) is 3.24 Å². The first-order valence-corrected chi connectivity index (χ1v) is 8.92. The van der Waals surface area contributed by atoms with Crippen molar-refractivity contribution in [2.75, 3.05) is 25.4 Å². The number of thioether (sulfide) groups is 1. The largest absolute Gasteiger partial charge is 0.303 e. The van der Waals surface area contributed by atoms with Crippen LogP contribution in [-0.2, 0) is 0 Å². The van der Waals surface area contributed by atoms with Gasteiger partial charge in [0, 0.05) is 12.3 Å². The lowest BCUT2D eigenvalue weighted by molar-refractivity contribution is 0.362. The molecule has 1 heterocycles. The second-order valence-corrected chi connectivity index (χ2v) is 6.83. The molecule has 0 radical (unpaired) electrons. The van der Waals surface area contributed by atoms with Gasteiger partial charge >= 0.3 is 0 Å². The molecular formula is C19H24ClNS. The molecule has 3 heteroatoms. The van der Waals surface area contributed by atoms with E-state index in [1.165, 1.54) is 49.4 Å². The van der Waals surface area contributed by atoms with Crippen LogP contribution in [-0.4, -0.2) is 30.3 Å². The molecule has 0 saturated carbocycles. The van der Waals surface area contributed by atoms with E-state index in [9.17, 15) is 0 Å². The maximum Gasteiger partial charge on any atom is 0.0547 e. The van der Waals surface area contributed by atoms with Crippen molar-refractivity contribution in [2.24, 2.45) is 0 Å². The Balaban J connectivity index is 0.00000176. The van der Waals surface area contributed by atoms with Crippen LogP contribution in [0.25, 0.3) is 0 Å². The summed E-state index contributed by atoms with van der Waals surface area (Å²) in [6.45, 7) is 3.81. The van der Waals surface area contributed by atoms with E-state index in [1.54, 1.807) is 0 Å². The fourth-order valence-corrected chi connectivity index (χ4v) is 4.24. The third-order valence-electron chi connectivity index (χ3n) is 4.10. The molecule has 1 aliphatic heterocycles. The van der Waals surface area contributed by atoms with Crippen LogP contribution in [0.4, 0.5) is 0 Å². The maximum atomic E-state index is 2.60. The van der Waals surface area contributed by atoms with Crippen LogP contribution in [0.1, 0.15) is 29.2 Å². The Morgan fingerprint density at radius 1 is 0.818 bits per heavy atom. The standard InChI is InChI=1S/C19H23NS.ClH/c1-3-9-17(10-4-1)19(18-11-5-2-6-12-18)21-16-15-20-13-7-8-14-20;/h1-6,9-12,19H,7-8,13-16H2;1H. The molecule has 22 heavy (non-hydrogen) atoms. The molecule has 0 aliphatic carbocycles. The van der Waals surface area contributed by atoms with Crippen molar-refractivity contribution in [1.82, 2.24) is 4.90 Å². The first kappa shape index (κ1) is 17.4. The molecule has 0 unspecified atom stereocenters. The lowest BCUT2D eigenvalue weighted by Crippen LogP contribution is -2.22. The van der Waals surface area contributed by atoms with Gasteiger partial charge in [-0.1, -0.05) is 60.7 Å². The normalized spacial score (nSPS) is 15.0. The summed E-state index contributed by atoms with van der Waals surface area (Å²) in [5.74, 6) is 1.20. The average molecular weight is 334 g/mol. The molecule has 2 aromatic carbocycles. The Labute approximate surface area is 144 Å². The number of hydrogen-bond acceptors (Lipinski definition) is 2. The van der Waals surface area contributed by atoms with Crippen LogP contribution in [0.2, 0.25) is 0 Å². The van der Waals surface area contributed by atoms with Crippen molar-refractivity contribution < 1.29 is 0 Å². The van der Waals surface area contributed by atoms with Gasteiger partial charge in [-0.3, -0.25) is 0 Å². The molecule has 0 N–H and O–H groups in total. The molecule has 1 nitrogen and oxygen atoms in total. The molecule has 0 aromatic heterocycles. The number of likely N-dealkylation sites (tertiary alicyclic amines) is 1. The molecule has 0 bridgehead atoms. The van der Waals surface area contributed by atoms with Crippen LogP contribution >= 0.6 is 24.2 Å². The Morgan fingerprint density at radius 3 is 1.82 bits per heavy atom. The molecule has 1 fully saturated rings. The summed E-state index contributed by atoms with van der Waals surface area (Å²) in [5.41, 5.74) is 2.82. The third-order valence-corrected chi connectivity index (χ3v) is 5.39. The van der Waals surface area contributed by atoms with Crippen molar-refractivity contribution in [3.63, 3.8) is 0 Å². The van der Waals surface area contributed by atoms with E-state index in [0.717, 1.165) is 0 Å². The van der Waals surface area contributed by atoms with Crippen molar-refractivity contribution in [2.45, 2.75) is 18.1 Å². The Hall–Kier alpha value is -0.960. The van der Waals surface area contributed by atoms with Gasteiger partial charge in [0.1, 0.15) is 0 Å². The molecule has 118 valence electrons. The minimum Gasteiger partial charge on any atom is -0.303 e. The minimum absolute atomic E-state index is 0. The number of halogens is 1. The first-order valence-electron chi connectivity index (χ1n) is 7.87. The summed E-state index contributed by atoms with van der Waals surface area (Å²) < 4.78 is 0. The highest BCUT2D eigenvalue weighted by molar-refractivity contribution is 7.99. The summed E-state index contributed by atoms with van der Waals surface area (Å²) in [4.78, 5) is 2.60. The molecular weight excluding hydrogens is 310 g/mol. The summed E-state index contributed by atoms with van der Waals surface area (Å²) in [6.07, 6.45) is 2.76. The summed E-state index contributed by atoms with van der Waals surface area (Å²) >= 11 is 2.07. The van der Waals surface area contributed by atoms with Crippen LogP contribution in [0, 0.1) is 0 Å². The quantitative estimate of drug-likeness (QED) is 0.729. The molecule has 0 atom stereocenters. The monoisotopic (exact) mass is 333 g/mol. The van der Waals surface area contributed by atoms with E-state index in [1.807, 2.05) is 0 Å². The SMILES string of the molecule is Cl.c1ccc(C(SCCN2CCCC2)c2ccccc2)cc1. The van der Waals surface area contributed by atoms with E-state index >= 15 is 0 Å². The van der Waals surface area contributed by atoms with Gasteiger partial charge in [0.15, 0.2) is 0 Å². The van der Waals surface area contributed by atoms with Gasteiger partial charge in [0.25, 0.3) is 0 Å². The summed E-state index contributed by atoms with van der Waals surface area (Å²) in [6, 6.07) is 21.8. The fourth-order valence-electron chi connectivity index (χ4n) is 2.95. The molecule has 1 saturated heterocycles. The molecule has 1 aliphatic rings. The van der Waals surface area contributed by atoms with E-state index < -0.39 is 0 Å². The van der Waals surface area contributed by atoms with E-state index in [4.69, 9.17) is 0 Å². The van der Waals surface area contributed by atoms with Crippen LogP contribution in [0.15, 0.2) is 60.7 Å². The zero-order valence-electron chi connectivity index (χ0n) is 12.9. The Morgan fingerprint density at radius 2 is 1.32 bits per heavy atom. The third kappa shape index (κ3) is 4.77. The van der Waals surface area contributed by atoms with Gasteiger partial charge in [-0.05, 0) is 37.1 Å². The van der Waals surface area contributed by atoms with Crippen molar-refractivity contribution in [3.8, 4) is 0 Å². The van der Waals surface area contributed by atoms with E-state index in [0.29, 0.717) is 5.25 Å². The summed E-state index contributed by atoms with van der Waals surface area (Å²) in [7, 11) is 0. The van der Waals surface area contributed by atoms with Crippen molar-refractivity contribution in [1.29, 1.82) is 0 Å². The number of benzene rings is 2. The second kappa shape index (κ2) is 9.24. The molecule has 3 rings (SSSR count). The fraction of sp³-hybridized carbons (Fsp3) is 0.368. The minimum atomic E-state index is 0. The Bertz CT molecular complexity index is 486. The van der Waals surface area contributed by atoms with E-state index in [2.05, 4.69) is 77.3 Å². The van der Waals surface area contributed by atoms with Gasteiger partial charge in [0.2, 0.25) is 0 Å². The summed E-state index contributed by atoms with van der Waals surface area (Å²) in [5, 5.41) is 0.454. The Kier molecular flexibility index (Phi) is 7.31. The maximum absolute atomic E-state index is 2.60. The first-order chi connectivity index (χ1) is 10.4. The smallest absolute Gasteiger partial charge is 0.0547 e. The van der Waals surface area contributed by atoms with Gasteiger partial charge in [-0.2, -0.15) is 0 Å². The van der Waals surface area contributed by atoms with Gasteiger partial charge in [-0.25, -0.2) is 0 Å². The zero-order chi connectivity index (χ0) is 14.3. The lowest BCUT2D eigenvalue weighted by Gasteiger charge is -2.20. The molecule has 0 spiro atoms. The predicted molar refractivity (Wildman–Crippen MR) is 100 cm³/mol. The number of hydrogen-bond donors (Lipinski definition) is 0. The average Bonchev–Trinajstić information content (AvgIpc) is 3.07. The highest BCUT2D eigenvalue weighted by Crippen LogP contribution is 2.35. The van der Waals surface area contributed by atoms with Gasteiger partial charge in [-0.15, -0.1) is 24.2 Å². The van der Waals surface area contributed by atoms with Crippen molar-refractivity contribution in [3.05, 3.63) is 71.8 Å². The number of nitrogens with zero attached hydrogens (tertiary/aromatic N) is 1.